The van der Waals surface area contributed by atoms with Gasteiger partial charge in [-0.3, -0.25) is 9.52 Å². The molecule has 0 fully saturated rings. The summed E-state index contributed by atoms with van der Waals surface area (Å²) in [6.07, 6.45) is 1.62. The van der Waals surface area contributed by atoms with Gasteiger partial charge >= 0.3 is 0 Å². The van der Waals surface area contributed by atoms with Gasteiger partial charge in [-0.15, -0.1) is 0 Å². The van der Waals surface area contributed by atoms with E-state index in [4.69, 9.17) is 4.74 Å². The molecule has 2 aliphatic heterocycles. The predicted molar refractivity (Wildman–Crippen MR) is 99.3 cm³/mol. The van der Waals surface area contributed by atoms with Crippen LogP contribution in [-0.2, 0) is 21.2 Å². The topological polar surface area (TPSA) is 75.7 Å². The number of aryl methyl sites for hydroxylation is 1. The van der Waals surface area contributed by atoms with Crippen LogP contribution in [0, 0.1) is 0 Å². The van der Waals surface area contributed by atoms with Crippen LogP contribution in [0.3, 0.4) is 0 Å². The first kappa shape index (κ1) is 16.9. The Kier molecular flexibility index (Phi) is 3.91. The van der Waals surface area contributed by atoms with Crippen molar-refractivity contribution in [2.45, 2.75) is 30.6 Å². The van der Waals surface area contributed by atoms with Crippen molar-refractivity contribution in [1.29, 1.82) is 0 Å². The number of nitrogens with zero attached hydrogens (tertiary/aromatic N) is 1. The third-order valence-corrected chi connectivity index (χ3v) is 6.39. The lowest BCUT2D eigenvalue weighted by molar-refractivity contribution is -0.119. The lowest BCUT2D eigenvalue weighted by Crippen LogP contribution is -2.32. The van der Waals surface area contributed by atoms with E-state index < -0.39 is 10.0 Å². The zero-order chi connectivity index (χ0) is 18.5. The van der Waals surface area contributed by atoms with E-state index in [1.165, 1.54) is 7.11 Å². The van der Waals surface area contributed by atoms with Crippen LogP contribution >= 0.6 is 0 Å². The van der Waals surface area contributed by atoms with Gasteiger partial charge < -0.3 is 9.64 Å². The van der Waals surface area contributed by atoms with E-state index in [1.54, 1.807) is 41.3 Å². The fraction of sp³-hybridized carbons (Fsp3) is 0.316. The number of carbonyl (C=O) groups excluding carboxylic acids is 1. The Balaban J connectivity index is 1.75. The van der Waals surface area contributed by atoms with Crippen LogP contribution in [0.1, 0.15) is 30.4 Å². The molecule has 2 aliphatic rings. The highest BCUT2D eigenvalue weighted by atomic mass is 32.2. The number of methoxy groups -OCH3 is 1. The van der Waals surface area contributed by atoms with Crippen molar-refractivity contribution >= 4 is 27.3 Å². The predicted octanol–water partition coefficient (Wildman–Crippen LogP) is 2.89. The van der Waals surface area contributed by atoms with Crippen LogP contribution in [0.15, 0.2) is 41.3 Å². The molecule has 1 amide bonds. The fourth-order valence-corrected chi connectivity index (χ4v) is 4.86. The first-order chi connectivity index (χ1) is 12.4. The molecule has 4 rings (SSSR count). The van der Waals surface area contributed by atoms with Crippen LogP contribution in [0.5, 0.6) is 5.75 Å². The molecule has 7 heteroatoms. The third-order valence-electron chi connectivity index (χ3n) is 5.02. The average Bonchev–Trinajstić information content (AvgIpc) is 2.88. The maximum absolute atomic E-state index is 12.9. The summed E-state index contributed by atoms with van der Waals surface area (Å²) in [5.74, 6) is 0.314. The second-order valence-electron chi connectivity index (χ2n) is 6.67. The van der Waals surface area contributed by atoms with Crippen LogP contribution < -0.4 is 14.4 Å². The molecule has 0 aromatic heterocycles. The van der Waals surface area contributed by atoms with Gasteiger partial charge in [-0.1, -0.05) is 6.07 Å². The Morgan fingerprint density at radius 1 is 1.23 bits per heavy atom. The molecule has 0 radical (unpaired) electrons. The first-order valence-corrected chi connectivity index (χ1v) is 10.0. The molecule has 26 heavy (non-hydrogen) atoms. The van der Waals surface area contributed by atoms with Crippen molar-refractivity contribution in [2.24, 2.45) is 0 Å². The monoisotopic (exact) mass is 372 g/mol. The molecule has 0 aliphatic carbocycles. The third kappa shape index (κ3) is 2.63. The summed E-state index contributed by atoms with van der Waals surface area (Å²) < 4.78 is 33.6. The molecule has 1 N–H and O–H groups in total. The highest BCUT2D eigenvalue weighted by Crippen LogP contribution is 2.44. The van der Waals surface area contributed by atoms with Gasteiger partial charge in [0.05, 0.1) is 29.3 Å². The number of sulfonamides is 1. The van der Waals surface area contributed by atoms with Crippen molar-refractivity contribution < 1.29 is 17.9 Å². The molecular weight excluding hydrogens is 352 g/mol. The molecule has 0 unspecified atom stereocenters. The molecule has 2 aromatic rings. The van der Waals surface area contributed by atoms with E-state index in [2.05, 4.69) is 4.72 Å². The number of hydrogen-bond acceptors (Lipinski definition) is 4. The smallest absolute Gasteiger partial charge is 0.261 e. The molecule has 0 saturated heterocycles. The largest absolute Gasteiger partial charge is 0.497 e. The minimum atomic E-state index is -3.76. The zero-order valence-corrected chi connectivity index (χ0v) is 15.5. The minimum Gasteiger partial charge on any atom is -0.497 e. The highest BCUT2D eigenvalue weighted by Gasteiger charge is 2.38. The van der Waals surface area contributed by atoms with Gasteiger partial charge in [0.15, 0.2) is 0 Å². The van der Waals surface area contributed by atoms with E-state index in [-0.39, 0.29) is 16.7 Å². The molecule has 0 spiro atoms. The molecule has 6 nitrogen and oxygen atoms in total. The Bertz CT molecular complexity index is 1000. The SMILES string of the molecule is COc1cccc(NS(=O)(=O)c2cc3c4c(c2)[C@H](C)C(=O)N4CCC3)c1. The maximum Gasteiger partial charge on any atom is 0.261 e. The van der Waals surface area contributed by atoms with Crippen molar-refractivity contribution in [3.8, 4) is 5.75 Å². The number of amides is 1. The number of benzene rings is 2. The Morgan fingerprint density at radius 2 is 2.04 bits per heavy atom. The van der Waals surface area contributed by atoms with E-state index in [0.29, 0.717) is 18.0 Å². The number of hydrogen-bond donors (Lipinski definition) is 1. The molecule has 0 saturated carbocycles. The summed E-state index contributed by atoms with van der Waals surface area (Å²) >= 11 is 0. The Morgan fingerprint density at radius 3 is 2.81 bits per heavy atom. The summed E-state index contributed by atoms with van der Waals surface area (Å²) in [6, 6.07) is 10.1. The van der Waals surface area contributed by atoms with Gasteiger partial charge in [0.1, 0.15) is 5.75 Å². The summed E-state index contributed by atoms with van der Waals surface area (Å²) in [6.45, 7) is 2.54. The fourth-order valence-electron chi connectivity index (χ4n) is 3.72. The van der Waals surface area contributed by atoms with Gasteiger partial charge in [-0.2, -0.15) is 0 Å². The Labute approximate surface area is 152 Å². The molecule has 1 atom stereocenters. The van der Waals surface area contributed by atoms with Crippen molar-refractivity contribution in [2.75, 3.05) is 23.3 Å². The van der Waals surface area contributed by atoms with Gasteiger partial charge in [0.2, 0.25) is 5.91 Å². The lowest BCUT2D eigenvalue weighted by Gasteiger charge is -2.26. The van der Waals surface area contributed by atoms with E-state index in [9.17, 15) is 13.2 Å². The second-order valence-corrected chi connectivity index (χ2v) is 8.36. The molecule has 2 heterocycles. The summed E-state index contributed by atoms with van der Waals surface area (Å²) in [7, 11) is -2.23. The average molecular weight is 372 g/mol. The standard InChI is InChI=1S/C19H20N2O4S/c1-12-17-11-16(9-13-5-4-8-21(18(13)17)19(12)22)26(23,24)20-14-6-3-7-15(10-14)25-2/h3,6-7,9-12,20H,4-5,8H2,1-2H3/t12-/m0/s1. The molecular formula is C19H20N2O4S. The van der Waals surface area contributed by atoms with Gasteiger partial charge in [-0.25, -0.2) is 8.42 Å². The van der Waals surface area contributed by atoms with Crippen molar-refractivity contribution in [3.63, 3.8) is 0 Å². The minimum absolute atomic E-state index is 0.0521. The zero-order valence-electron chi connectivity index (χ0n) is 14.7. The van der Waals surface area contributed by atoms with E-state index in [1.807, 2.05) is 6.92 Å². The van der Waals surface area contributed by atoms with Gasteiger partial charge in [0.25, 0.3) is 10.0 Å². The first-order valence-electron chi connectivity index (χ1n) is 8.56. The summed E-state index contributed by atoms with van der Waals surface area (Å²) in [4.78, 5) is 14.4. The summed E-state index contributed by atoms with van der Waals surface area (Å²) in [5, 5.41) is 0. The number of rotatable bonds is 4. The van der Waals surface area contributed by atoms with Crippen LogP contribution in [0.2, 0.25) is 0 Å². The second kappa shape index (κ2) is 6.02. The van der Waals surface area contributed by atoms with E-state index in [0.717, 1.165) is 29.7 Å². The number of nitrogens with one attached hydrogen (secondary N) is 1. The molecule has 2 aromatic carbocycles. The lowest BCUT2D eigenvalue weighted by atomic mass is 9.97. The van der Waals surface area contributed by atoms with Crippen molar-refractivity contribution in [1.82, 2.24) is 0 Å². The number of anilines is 2. The van der Waals surface area contributed by atoms with Crippen LogP contribution in [0.25, 0.3) is 0 Å². The normalized spacial score (nSPS) is 18.6. The van der Waals surface area contributed by atoms with Crippen molar-refractivity contribution in [3.05, 3.63) is 47.5 Å². The molecule has 0 bridgehead atoms. The van der Waals surface area contributed by atoms with Crippen LogP contribution in [0.4, 0.5) is 11.4 Å². The summed E-state index contributed by atoms with van der Waals surface area (Å²) in [5.41, 5.74) is 3.08. The highest BCUT2D eigenvalue weighted by molar-refractivity contribution is 7.92. The quantitative estimate of drug-likeness (QED) is 0.895. The Hall–Kier alpha value is -2.54. The van der Waals surface area contributed by atoms with Crippen LogP contribution in [-0.4, -0.2) is 28.0 Å². The van der Waals surface area contributed by atoms with Gasteiger partial charge in [-0.05, 0) is 55.2 Å². The number of carbonyl (C=O) groups is 1. The molecule has 136 valence electrons. The maximum atomic E-state index is 12.9. The van der Waals surface area contributed by atoms with Gasteiger partial charge in [0, 0.05) is 12.6 Å². The van der Waals surface area contributed by atoms with E-state index >= 15 is 0 Å². The number of ether oxygens (including phenoxy) is 1.